The Kier molecular flexibility index (Phi) is 3.72. The van der Waals surface area contributed by atoms with Crippen molar-refractivity contribution < 1.29 is 13.2 Å². The number of ether oxygens (including phenoxy) is 1. The van der Waals surface area contributed by atoms with E-state index >= 15 is 0 Å². The molecule has 17 heavy (non-hydrogen) atoms. The van der Waals surface area contributed by atoms with Gasteiger partial charge in [-0.25, -0.2) is 13.1 Å². The summed E-state index contributed by atoms with van der Waals surface area (Å²) in [6, 6.07) is 4.46. The summed E-state index contributed by atoms with van der Waals surface area (Å²) in [4.78, 5) is 0.193. The molecule has 0 aromatic heterocycles. The second-order valence-electron chi connectivity index (χ2n) is 3.87. The molecule has 1 saturated heterocycles. The molecule has 7 heteroatoms. The first-order valence-corrected chi connectivity index (χ1v) is 7.42. The van der Waals surface area contributed by atoms with Crippen LogP contribution in [0.3, 0.4) is 0 Å². The van der Waals surface area contributed by atoms with Crippen molar-refractivity contribution in [3.8, 4) is 0 Å². The van der Waals surface area contributed by atoms with Crippen LogP contribution in [0.4, 0.5) is 5.69 Å². The average Bonchev–Trinajstić information content (AvgIpc) is 2.68. The molecule has 5 nitrogen and oxygen atoms in total. The molecule has 1 aromatic rings. The first kappa shape index (κ1) is 12.8. The molecule has 0 spiro atoms. The van der Waals surface area contributed by atoms with Crippen molar-refractivity contribution in [2.45, 2.75) is 17.4 Å². The lowest BCUT2D eigenvalue weighted by Gasteiger charge is -2.12. The van der Waals surface area contributed by atoms with E-state index in [-0.39, 0.29) is 10.9 Å². The van der Waals surface area contributed by atoms with E-state index in [1.165, 1.54) is 6.07 Å². The fraction of sp³-hybridized carbons (Fsp3) is 0.400. The maximum atomic E-state index is 12.1. The molecular weight excluding hydrogens is 308 g/mol. The zero-order valence-corrected chi connectivity index (χ0v) is 11.4. The standard InChI is InChI=1S/C10H13BrN2O3S/c11-9-5-7(12)1-2-10(9)17(14,15)13-8-3-4-16-6-8/h1-2,5,8,13H,3-4,6,12H2. The number of hydrogen-bond donors (Lipinski definition) is 2. The summed E-state index contributed by atoms with van der Waals surface area (Å²) >= 11 is 3.20. The lowest BCUT2D eigenvalue weighted by atomic mass is 10.3. The molecule has 1 fully saturated rings. The monoisotopic (exact) mass is 320 g/mol. The molecule has 2 rings (SSSR count). The van der Waals surface area contributed by atoms with Crippen LogP contribution < -0.4 is 10.5 Å². The van der Waals surface area contributed by atoms with Crippen LogP contribution in [0.2, 0.25) is 0 Å². The van der Waals surface area contributed by atoms with E-state index < -0.39 is 10.0 Å². The van der Waals surface area contributed by atoms with Crippen LogP contribution in [0.5, 0.6) is 0 Å². The molecule has 0 radical (unpaired) electrons. The predicted molar refractivity (Wildman–Crippen MR) is 68.1 cm³/mol. The Morgan fingerprint density at radius 3 is 2.82 bits per heavy atom. The quantitative estimate of drug-likeness (QED) is 0.817. The number of benzene rings is 1. The molecule has 0 saturated carbocycles. The summed E-state index contributed by atoms with van der Waals surface area (Å²) in [6.45, 7) is 1.02. The molecule has 0 bridgehead atoms. The third-order valence-corrected chi connectivity index (χ3v) is 4.99. The Bertz CT molecular complexity index is 512. The Morgan fingerprint density at radius 2 is 2.24 bits per heavy atom. The van der Waals surface area contributed by atoms with Crippen LogP contribution in [0, 0.1) is 0 Å². The van der Waals surface area contributed by atoms with Gasteiger partial charge < -0.3 is 10.5 Å². The maximum absolute atomic E-state index is 12.1. The van der Waals surface area contributed by atoms with E-state index in [9.17, 15) is 8.42 Å². The van der Waals surface area contributed by atoms with Crippen LogP contribution in [-0.4, -0.2) is 27.7 Å². The predicted octanol–water partition coefficient (Wildman–Crippen LogP) is 1.10. The molecule has 3 N–H and O–H groups in total. The van der Waals surface area contributed by atoms with Gasteiger partial charge in [0.15, 0.2) is 0 Å². The zero-order chi connectivity index (χ0) is 12.5. The third-order valence-electron chi connectivity index (χ3n) is 2.50. The molecule has 0 amide bonds. The van der Waals surface area contributed by atoms with Gasteiger partial charge in [-0.3, -0.25) is 0 Å². The smallest absolute Gasteiger partial charge is 0.242 e. The molecule has 94 valence electrons. The van der Waals surface area contributed by atoms with Gasteiger partial charge in [0.05, 0.1) is 11.5 Å². The van der Waals surface area contributed by atoms with Gasteiger partial charge in [-0.15, -0.1) is 0 Å². The molecule has 1 aliphatic rings. The summed E-state index contributed by atoms with van der Waals surface area (Å²) in [5.41, 5.74) is 6.08. The largest absolute Gasteiger partial charge is 0.399 e. The van der Waals surface area contributed by atoms with Crippen LogP contribution in [0.25, 0.3) is 0 Å². The lowest BCUT2D eigenvalue weighted by Crippen LogP contribution is -2.35. The van der Waals surface area contributed by atoms with Gasteiger partial charge in [-0.05, 0) is 40.5 Å². The number of nitrogen functional groups attached to an aromatic ring is 1. The zero-order valence-electron chi connectivity index (χ0n) is 9.02. The Morgan fingerprint density at radius 1 is 1.47 bits per heavy atom. The van der Waals surface area contributed by atoms with E-state index in [2.05, 4.69) is 20.7 Å². The highest BCUT2D eigenvalue weighted by molar-refractivity contribution is 9.10. The number of anilines is 1. The van der Waals surface area contributed by atoms with Gasteiger partial charge in [-0.2, -0.15) is 0 Å². The number of sulfonamides is 1. The number of nitrogens with one attached hydrogen (secondary N) is 1. The molecule has 0 aliphatic carbocycles. The summed E-state index contributed by atoms with van der Waals surface area (Å²) in [7, 11) is -3.52. The van der Waals surface area contributed by atoms with Crippen molar-refractivity contribution in [3.05, 3.63) is 22.7 Å². The number of halogens is 1. The minimum absolute atomic E-state index is 0.149. The Balaban J connectivity index is 2.24. The minimum atomic E-state index is -3.52. The highest BCUT2D eigenvalue weighted by atomic mass is 79.9. The van der Waals surface area contributed by atoms with Crippen LogP contribution in [0.15, 0.2) is 27.6 Å². The van der Waals surface area contributed by atoms with E-state index in [0.717, 1.165) is 0 Å². The van der Waals surface area contributed by atoms with E-state index in [1.54, 1.807) is 12.1 Å². The van der Waals surface area contributed by atoms with Gasteiger partial charge in [-0.1, -0.05) is 0 Å². The van der Waals surface area contributed by atoms with Crippen molar-refractivity contribution in [1.29, 1.82) is 0 Å². The van der Waals surface area contributed by atoms with E-state index in [0.29, 0.717) is 29.8 Å². The maximum Gasteiger partial charge on any atom is 0.242 e. The van der Waals surface area contributed by atoms with Crippen LogP contribution in [-0.2, 0) is 14.8 Å². The van der Waals surface area contributed by atoms with Crippen LogP contribution >= 0.6 is 15.9 Å². The molecule has 1 aliphatic heterocycles. The fourth-order valence-corrected chi connectivity index (χ4v) is 4.00. The topological polar surface area (TPSA) is 81.4 Å². The van der Waals surface area contributed by atoms with Gasteiger partial charge in [0.25, 0.3) is 0 Å². The van der Waals surface area contributed by atoms with E-state index in [4.69, 9.17) is 10.5 Å². The molecule has 1 unspecified atom stereocenters. The summed E-state index contributed by atoms with van der Waals surface area (Å²) in [5.74, 6) is 0. The number of nitrogens with two attached hydrogens (primary N) is 1. The van der Waals surface area contributed by atoms with Crippen molar-refractivity contribution in [2.24, 2.45) is 0 Å². The van der Waals surface area contributed by atoms with Gasteiger partial charge in [0, 0.05) is 22.8 Å². The van der Waals surface area contributed by atoms with Crippen molar-refractivity contribution in [2.75, 3.05) is 18.9 Å². The molecule has 1 heterocycles. The highest BCUT2D eigenvalue weighted by Crippen LogP contribution is 2.24. The second-order valence-corrected chi connectivity index (χ2v) is 6.41. The first-order valence-electron chi connectivity index (χ1n) is 5.14. The SMILES string of the molecule is Nc1ccc(S(=O)(=O)NC2CCOC2)c(Br)c1. The normalized spacial score (nSPS) is 20.6. The van der Waals surface area contributed by atoms with Crippen molar-refractivity contribution in [1.82, 2.24) is 4.72 Å². The second kappa shape index (κ2) is 4.93. The van der Waals surface area contributed by atoms with Crippen molar-refractivity contribution >= 4 is 31.6 Å². The average molecular weight is 321 g/mol. The summed E-state index contributed by atoms with van der Waals surface area (Å²) < 4.78 is 32.4. The lowest BCUT2D eigenvalue weighted by molar-refractivity contribution is 0.192. The van der Waals surface area contributed by atoms with Gasteiger partial charge >= 0.3 is 0 Å². The Hall–Kier alpha value is -0.630. The number of rotatable bonds is 3. The molecular formula is C10H13BrN2O3S. The van der Waals surface area contributed by atoms with Crippen molar-refractivity contribution in [3.63, 3.8) is 0 Å². The summed E-state index contributed by atoms with van der Waals surface area (Å²) in [5, 5.41) is 0. The van der Waals surface area contributed by atoms with Crippen LogP contribution in [0.1, 0.15) is 6.42 Å². The minimum Gasteiger partial charge on any atom is -0.399 e. The summed E-state index contributed by atoms with van der Waals surface area (Å²) in [6.07, 6.45) is 0.700. The third kappa shape index (κ3) is 2.98. The fourth-order valence-electron chi connectivity index (χ4n) is 1.65. The molecule has 1 atom stereocenters. The van der Waals surface area contributed by atoms with Gasteiger partial charge in [0.1, 0.15) is 0 Å². The highest BCUT2D eigenvalue weighted by Gasteiger charge is 2.24. The Labute approximate surface area is 109 Å². The number of hydrogen-bond acceptors (Lipinski definition) is 4. The van der Waals surface area contributed by atoms with Gasteiger partial charge in [0.2, 0.25) is 10.0 Å². The first-order chi connectivity index (χ1) is 7.99. The molecule has 1 aromatic carbocycles. The van der Waals surface area contributed by atoms with E-state index in [1.807, 2.05) is 0 Å².